The molecule has 3 N–H and O–H groups in total. The number of hydrogen-bond acceptors (Lipinski definition) is 6. The number of methoxy groups -OCH3 is 1. The van der Waals surface area contributed by atoms with Crippen LogP contribution in [0.25, 0.3) is 22.0 Å². The first kappa shape index (κ1) is 23.1. The number of hydrogen-bond donors (Lipinski definition) is 3. The Balaban J connectivity index is 2.15. The summed E-state index contributed by atoms with van der Waals surface area (Å²) in [4.78, 5) is 29.5. The van der Waals surface area contributed by atoms with E-state index in [1.165, 1.54) is 24.9 Å². The number of aliphatic hydroxyl groups excluding tert-OH is 1. The van der Waals surface area contributed by atoms with Crippen LogP contribution in [0.1, 0.15) is 5.56 Å². The summed E-state index contributed by atoms with van der Waals surface area (Å²) in [6.45, 7) is 2.05. The summed E-state index contributed by atoms with van der Waals surface area (Å²) in [6, 6.07) is 4.78. The molecule has 166 valence electrons. The van der Waals surface area contributed by atoms with E-state index in [4.69, 9.17) is 9.47 Å². The van der Waals surface area contributed by atoms with Gasteiger partial charge in [-0.1, -0.05) is 0 Å². The standard InChI is InChI=1S/C21H22F2N2O5S/c1-11-7-15-18(24-21(28)25-20(15)27)19(31-10-13(9-26)30-6-5-29-2)17(11)14-4-3-12(22)8-16(14)23/h3-4,7-8,13,26H,5-6,9-10H2,1-2H3,(H2,24,25,27,28)/t13-/m0/s1. The van der Waals surface area contributed by atoms with E-state index >= 15 is 0 Å². The van der Waals surface area contributed by atoms with Crippen molar-refractivity contribution in [2.75, 3.05) is 32.7 Å². The number of thioether (sulfide) groups is 1. The number of nitrogens with one attached hydrogen (secondary N) is 2. The summed E-state index contributed by atoms with van der Waals surface area (Å²) in [6.07, 6.45) is -0.560. The van der Waals surface area contributed by atoms with Crippen molar-refractivity contribution in [2.45, 2.75) is 17.9 Å². The van der Waals surface area contributed by atoms with Gasteiger partial charge in [0.2, 0.25) is 0 Å². The zero-order valence-corrected chi connectivity index (χ0v) is 17.8. The molecule has 0 saturated carbocycles. The SMILES string of the molecule is COCCO[C@@H](CO)CSc1c(-c2ccc(F)cc2F)c(C)cc2c(=O)[nH]c(=O)[nH]c12. The predicted molar refractivity (Wildman–Crippen MR) is 115 cm³/mol. The number of aromatic nitrogens is 2. The van der Waals surface area contributed by atoms with Gasteiger partial charge in [-0.3, -0.25) is 9.78 Å². The van der Waals surface area contributed by atoms with Gasteiger partial charge >= 0.3 is 5.69 Å². The van der Waals surface area contributed by atoms with Gasteiger partial charge in [-0.05, 0) is 30.7 Å². The molecule has 2 aromatic carbocycles. The summed E-state index contributed by atoms with van der Waals surface area (Å²) < 4.78 is 38.6. The Morgan fingerprint density at radius 3 is 2.61 bits per heavy atom. The van der Waals surface area contributed by atoms with E-state index in [-0.39, 0.29) is 35.4 Å². The fourth-order valence-electron chi connectivity index (χ4n) is 3.20. The fraction of sp³-hybridized carbons (Fsp3) is 0.333. The van der Waals surface area contributed by atoms with E-state index in [1.807, 2.05) is 0 Å². The Labute approximate surface area is 180 Å². The first-order valence-corrected chi connectivity index (χ1v) is 10.4. The quantitative estimate of drug-likeness (QED) is 0.341. The van der Waals surface area contributed by atoms with E-state index in [0.717, 1.165) is 12.1 Å². The normalized spacial score (nSPS) is 12.4. The first-order chi connectivity index (χ1) is 14.8. The molecule has 7 nitrogen and oxygen atoms in total. The molecule has 0 saturated heterocycles. The van der Waals surface area contributed by atoms with Crippen LogP contribution in [0.4, 0.5) is 8.78 Å². The molecule has 10 heteroatoms. The van der Waals surface area contributed by atoms with E-state index in [9.17, 15) is 23.5 Å². The van der Waals surface area contributed by atoms with E-state index in [1.54, 1.807) is 13.0 Å². The van der Waals surface area contributed by atoms with Crippen LogP contribution in [0.3, 0.4) is 0 Å². The van der Waals surface area contributed by atoms with Crippen molar-refractivity contribution in [1.29, 1.82) is 0 Å². The molecule has 0 spiro atoms. The third-order valence-corrected chi connectivity index (χ3v) is 5.88. The maximum absolute atomic E-state index is 14.7. The number of aromatic amines is 2. The molecule has 0 aliphatic heterocycles. The molecule has 0 aliphatic rings. The van der Waals surface area contributed by atoms with Gasteiger partial charge in [0.15, 0.2) is 0 Å². The molecule has 0 unspecified atom stereocenters. The Kier molecular flexibility index (Phi) is 7.60. The van der Waals surface area contributed by atoms with Gasteiger partial charge in [0, 0.05) is 35.0 Å². The monoisotopic (exact) mass is 452 g/mol. The maximum atomic E-state index is 14.7. The van der Waals surface area contributed by atoms with Crippen molar-refractivity contribution in [2.24, 2.45) is 0 Å². The van der Waals surface area contributed by atoms with E-state index in [2.05, 4.69) is 9.97 Å². The number of benzene rings is 2. The van der Waals surface area contributed by atoms with E-state index < -0.39 is 29.0 Å². The van der Waals surface area contributed by atoms with Gasteiger partial charge in [-0.2, -0.15) is 0 Å². The third-order valence-electron chi connectivity index (χ3n) is 4.65. The van der Waals surface area contributed by atoms with Crippen molar-refractivity contribution in [1.82, 2.24) is 9.97 Å². The molecule has 0 aliphatic carbocycles. The maximum Gasteiger partial charge on any atom is 0.326 e. The summed E-state index contributed by atoms with van der Waals surface area (Å²) in [5.41, 5.74) is 0.0688. The number of ether oxygens (including phenoxy) is 2. The predicted octanol–water partition coefficient (Wildman–Crippen LogP) is 2.59. The molecule has 0 bridgehead atoms. The van der Waals surface area contributed by atoms with Crippen molar-refractivity contribution < 1.29 is 23.4 Å². The van der Waals surface area contributed by atoms with Crippen molar-refractivity contribution in [3.05, 3.63) is 62.3 Å². The molecule has 3 rings (SSSR count). The number of fused-ring (bicyclic) bond motifs is 1. The van der Waals surface area contributed by atoms with Gasteiger partial charge in [-0.15, -0.1) is 11.8 Å². The molecule has 0 fully saturated rings. The highest BCUT2D eigenvalue weighted by molar-refractivity contribution is 7.99. The lowest BCUT2D eigenvalue weighted by atomic mass is 9.98. The summed E-state index contributed by atoms with van der Waals surface area (Å²) in [5, 5.41) is 9.86. The summed E-state index contributed by atoms with van der Waals surface area (Å²) in [7, 11) is 1.53. The van der Waals surface area contributed by atoms with Gasteiger partial charge in [0.25, 0.3) is 5.56 Å². The van der Waals surface area contributed by atoms with Crippen LogP contribution in [0.5, 0.6) is 0 Å². The molecular formula is C21H22F2N2O5S. The van der Waals surface area contributed by atoms with Crippen molar-refractivity contribution in [3.8, 4) is 11.1 Å². The highest BCUT2D eigenvalue weighted by Gasteiger charge is 2.21. The van der Waals surface area contributed by atoms with E-state index in [0.29, 0.717) is 22.6 Å². The number of rotatable bonds is 9. The highest BCUT2D eigenvalue weighted by atomic mass is 32.2. The average molecular weight is 452 g/mol. The smallest absolute Gasteiger partial charge is 0.326 e. The van der Waals surface area contributed by atoms with Crippen LogP contribution < -0.4 is 11.2 Å². The third kappa shape index (κ3) is 5.21. The zero-order valence-electron chi connectivity index (χ0n) is 17.0. The molecule has 3 aromatic rings. The van der Waals surface area contributed by atoms with Gasteiger partial charge in [0.1, 0.15) is 11.6 Å². The molecule has 0 radical (unpaired) electrons. The Morgan fingerprint density at radius 2 is 1.94 bits per heavy atom. The van der Waals surface area contributed by atoms with Crippen molar-refractivity contribution in [3.63, 3.8) is 0 Å². The fourth-order valence-corrected chi connectivity index (χ4v) is 4.48. The largest absolute Gasteiger partial charge is 0.394 e. The number of halogens is 2. The second-order valence-corrected chi connectivity index (χ2v) is 7.86. The number of aliphatic hydroxyl groups is 1. The molecule has 0 amide bonds. The molecule has 1 atom stereocenters. The summed E-state index contributed by atoms with van der Waals surface area (Å²) >= 11 is 1.20. The van der Waals surface area contributed by atoms with Gasteiger partial charge in [-0.25, -0.2) is 13.6 Å². The Morgan fingerprint density at radius 1 is 1.16 bits per heavy atom. The second-order valence-electron chi connectivity index (χ2n) is 6.83. The topological polar surface area (TPSA) is 104 Å². The lowest BCUT2D eigenvalue weighted by molar-refractivity contribution is 0.00140. The summed E-state index contributed by atoms with van der Waals surface area (Å²) in [5.74, 6) is -1.24. The van der Waals surface area contributed by atoms with Crippen LogP contribution in [-0.4, -0.2) is 53.9 Å². The average Bonchev–Trinajstić information content (AvgIpc) is 2.72. The lowest BCUT2D eigenvalue weighted by Gasteiger charge is -2.19. The molecule has 31 heavy (non-hydrogen) atoms. The van der Waals surface area contributed by atoms with Crippen LogP contribution in [0, 0.1) is 18.6 Å². The van der Waals surface area contributed by atoms with Crippen LogP contribution in [-0.2, 0) is 9.47 Å². The van der Waals surface area contributed by atoms with Crippen LogP contribution in [0.2, 0.25) is 0 Å². The Bertz CT molecular complexity index is 1190. The minimum atomic E-state index is -0.772. The minimum Gasteiger partial charge on any atom is -0.394 e. The zero-order chi connectivity index (χ0) is 22.5. The lowest BCUT2D eigenvalue weighted by Crippen LogP contribution is -2.24. The molecular weight excluding hydrogens is 430 g/mol. The van der Waals surface area contributed by atoms with Crippen LogP contribution >= 0.6 is 11.8 Å². The first-order valence-electron chi connectivity index (χ1n) is 9.45. The van der Waals surface area contributed by atoms with Crippen LogP contribution in [0.15, 0.2) is 38.8 Å². The number of aryl methyl sites for hydroxylation is 1. The number of H-pyrrole nitrogens is 2. The Hall–Kier alpha value is -2.53. The molecule has 1 heterocycles. The molecule has 1 aromatic heterocycles. The van der Waals surface area contributed by atoms with Gasteiger partial charge in [0.05, 0.1) is 36.8 Å². The van der Waals surface area contributed by atoms with Gasteiger partial charge < -0.3 is 19.6 Å². The minimum absolute atomic E-state index is 0.130. The second kappa shape index (κ2) is 10.2. The highest BCUT2D eigenvalue weighted by Crippen LogP contribution is 2.39. The van der Waals surface area contributed by atoms with Crippen molar-refractivity contribution >= 4 is 22.7 Å².